The monoisotopic (exact) mass is 378 g/mol. The number of carbonyl (C=O) groups is 2. The Bertz CT molecular complexity index is 984. The molecule has 5 heteroatoms. The summed E-state index contributed by atoms with van der Waals surface area (Å²) in [5.41, 5.74) is 14.2. The van der Waals surface area contributed by atoms with Gasteiger partial charge >= 0.3 is 0 Å². The van der Waals surface area contributed by atoms with E-state index in [2.05, 4.69) is 0 Å². The number of hydrogen-bond donors (Lipinski definition) is 2. The molecule has 3 aromatic carbocycles. The normalized spacial score (nSPS) is 11.7. The molecule has 0 aromatic heterocycles. The van der Waals surface area contributed by atoms with Crippen molar-refractivity contribution in [3.63, 3.8) is 0 Å². The Morgan fingerprint density at radius 2 is 1.30 bits per heavy atom. The van der Waals surface area contributed by atoms with Crippen LogP contribution in [0.5, 0.6) is 0 Å². The van der Waals surface area contributed by atoms with Crippen molar-refractivity contribution in [1.29, 1.82) is 0 Å². The zero-order chi connectivity index (χ0) is 19.4. The molecule has 0 aliphatic rings. The number of halogens is 1. The van der Waals surface area contributed by atoms with Crippen LogP contribution in [0.3, 0.4) is 0 Å². The van der Waals surface area contributed by atoms with Gasteiger partial charge in [0.1, 0.15) is 0 Å². The number of carbonyl (C=O) groups excluding carboxylic acids is 2. The van der Waals surface area contributed by atoms with Crippen LogP contribution in [0.1, 0.15) is 38.6 Å². The highest BCUT2D eigenvalue weighted by Crippen LogP contribution is 2.30. The van der Waals surface area contributed by atoms with Crippen LogP contribution in [-0.4, -0.2) is 11.6 Å². The second-order valence-corrected chi connectivity index (χ2v) is 6.71. The maximum atomic E-state index is 13.2. The summed E-state index contributed by atoms with van der Waals surface area (Å²) in [5.74, 6) is -1.09. The standard InChI is InChI=1S/C22H19ClN2O2/c23-15-11-9-14(10-12-15)18(22(27)17-6-2-4-8-20(17)25)13-21(26)16-5-1-3-7-19(16)24/h1-12,18H,13,24-25H2. The maximum Gasteiger partial charge on any atom is 0.172 e. The fourth-order valence-corrected chi connectivity index (χ4v) is 3.14. The Kier molecular flexibility index (Phi) is 5.57. The van der Waals surface area contributed by atoms with Crippen LogP contribution < -0.4 is 11.5 Å². The van der Waals surface area contributed by atoms with E-state index in [-0.39, 0.29) is 18.0 Å². The predicted octanol–water partition coefficient (Wildman–Crippen LogP) is 4.74. The van der Waals surface area contributed by atoms with Crippen molar-refractivity contribution in [3.05, 3.63) is 94.5 Å². The van der Waals surface area contributed by atoms with Crippen LogP contribution in [0.4, 0.5) is 11.4 Å². The number of benzene rings is 3. The fourth-order valence-electron chi connectivity index (χ4n) is 3.01. The zero-order valence-electron chi connectivity index (χ0n) is 14.6. The van der Waals surface area contributed by atoms with E-state index in [1.807, 2.05) is 0 Å². The minimum absolute atomic E-state index is 0.0109. The number of nitrogen functional groups attached to an aromatic ring is 2. The molecule has 4 nitrogen and oxygen atoms in total. The number of nitrogens with two attached hydrogens (primary N) is 2. The summed E-state index contributed by atoms with van der Waals surface area (Å²) in [7, 11) is 0. The van der Waals surface area contributed by atoms with Gasteiger partial charge in [-0.15, -0.1) is 0 Å². The van der Waals surface area contributed by atoms with Crippen LogP contribution in [0, 0.1) is 0 Å². The quantitative estimate of drug-likeness (QED) is 0.479. The molecule has 0 aliphatic carbocycles. The van der Waals surface area contributed by atoms with Crippen molar-refractivity contribution >= 4 is 34.5 Å². The lowest BCUT2D eigenvalue weighted by molar-refractivity contribution is 0.0894. The van der Waals surface area contributed by atoms with Crippen LogP contribution in [0.2, 0.25) is 5.02 Å². The van der Waals surface area contributed by atoms with Gasteiger partial charge in [-0.3, -0.25) is 9.59 Å². The van der Waals surface area contributed by atoms with Gasteiger partial charge in [0.05, 0.1) is 5.92 Å². The highest BCUT2D eigenvalue weighted by Gasteiger charge is 2.27. The molecule has 27 heavy (non-hydrogen) atoms. The second kappa shape index (κ2) is 8.06. The molecule has 0 amide bonds. The van der Waals surface area contributed by atoms with Crippen molar-refractivity contribution in [2.24, 2.45) is 0 Å². The Morgan fingerprint density at radius 1 is 0.778 bits per heavy atom. The Balaban J connectivity index is 1.99. The molecule has 0 radical (unpaired) electrons. The Morgan fingerprint density at radius 3 is 1.85 bits per heavy atom. The SMILES string of the molecule is Nc1ccccc1C(=O)CC(C(=O)c1ccccc1N)c1ccc(Cl)cc1. The predicted molar refractivity (Wildman–Crippen MR) is 109 cm³/mol. The maximum absolute atomic E-state index is 13.2. The van der Waals surface area contributed by atoms with E-state index in [1.54, 1.807) is 72.8 Å². The van der Waals surface area contributed by atoms with E-state index in [0.29, 0.717) is 33.1 Å². The average Bonchev–Trinajstić information content (AvgIpc) is 2.67. The summed E-state index contributed by atoms with van der Waals surface area (Å²) < 4.78 is 0. The molecule has 0 bridgehead atoms. The van der Waals surface area contributed by atoms with E-state index in [1.165, 1.54) is 0 Å². The minimum Gasteiger partial charge on any atom is -0.398 e. The van der Waals surface area contributed by atoms with E-state index >= 15 is 0 Å². The summed E-state index contributed by atoms with van der Waals surface area (Å²) in [4.78, 5) is 26.1. The summed E-state index contributed by atoms with van der Waals surface area (Å²) in [6, 6.07) is 20.6. The van der Waals surface area contributed by atoms with Gasteiger partial charge in [-0.25, -0.2) is 0 Å². The number of anilines is 2. The summed E-state index contributed by atoms with van der Waals surface area (Å²) in [6.45, 7) is 0. The van der Waals surface area contributed by atoms with Crippen molar-refractivity contribution < 1.29 is 9.59 Å². The molecule has 0 heterocycles. The first-order valence-electron chi connectivity index (χ1n) is 8.49. The van der Waals surface area contributed by atoms with E-state index in [4.69, 9.17) is 23.1 Å². The fraction of sp³-hybridized carbons (Fsp3) is 0.0909. The zero-order valence-corrected chi connectivity index (χ0v) is 15.3. The highest BCUT2D eigenvalue weighted by molar-refractivity contribution is 6.30. The van der Waals surface area contributed by atoms with Gasteiger partial charge in [-0.2, -0.15) is 0 Å². The Hall–Kier alpha value is -3.11. The Labute approximate surface area is 162 Å². The number of rotatable bonds is 6. The van der Waals surface area contributed by atoms with Crippen LogP contribution in [0.25, 0.3) is 0 Å². The van der Waals surface area contributed by atoms with Gasteiger partial charge < -0.3 is 11.5 Å². The van der Waals surface area contributed by atoms with Gasteiger partial charge in [0.15, 0.2) is 11.6 Å². The van der Waals surface area contributed by atoms with Crippen molar-refractivity contribution in [2.75, 3.05) is 11.5 Å². The van der Waals surface area contributed by atoms with Gasteiger partial charge in [0, 0.05) is 33.9 Å². The number of para-hydroxylation sites is 2. The van der Waals surface area contributed by atoms with Gasteiger partial charge in [-0.05, 0) is 42.0 Å². The number of ketones is 2. The number of Topliss-reactive ketones (excluding diaryl/α,β-unsaturated/α-hetero) is 2. The largest absolute Gasteiger partial charge is 0.398 e. The summed E-state index contributed by atoms with van der Waals surface area (Å²) in [5, 5.41) is 0.558. The van der Waals surface area contributed by atoms with Crippen LogP contribution >= 0.6 is 11.6 Å². The smallest absolute Gasteiger partial charge is 0.172 e. The lowest BCUT2D eigenvalue weighted by atomic mass is 9.85. The molecule has 136 valence electrons. The van der Waals surface area contributed by atoms with Crippen molar-refractivity contribution in [1.82, 2.24) is 0 Å². The molecule has 0 spiro atoms. The molecule has 0 fully saturated rings. The lowest BCUT2D eigenvalue weighted by Crippen LogP contribution is -2.19. The molecule has 1 unspecified atom stereocenters. The van der Waals surface area contributed by atoms with E-state index in [0.717, 1.165) is 0 Å². The first-order valence-corrected chi connectivity index (χ1v) is 8.87. The molecule has 3 aromatic rings. The topological polar surface area (TPSA) is 86.2 Å². The summed E-state index contributed by atoms with van der Waals surface area (Å²) >= 11 is 5.97. The molecular formula is C22H19ClN2O2. The third kappa shape index (κ3) is 4.18. The number of hydrogen-bond acceptors (Lipinski definition) is 4. The first-order chi connectivity index (χ1) is 13.0. The minimum atomic E-state index is -0.681. The van der Waals surface area contributed by atoms with Crippen LogP contribution in [-0.2, 0) is 0 Å². The first kappa shape index (κ1) is 18.7. The molecule has 4 N–H and O–H groups in total. The van der Waals surface area contributed by atoms with E-state index in [9.17, 15) is 9.59 Å². The molecular weight excluding hydrogens is 360 g/mol. The third-order valence-electron chi connectivity index (χ3n) is 4.47. The molecule has 3 rings (SSSR count). The van der Waals surface area contributed by atoms with Crippen molar-refractivity contribution in [3.8, 4) is 0 Å². The summed E-state index contributed by atoms with van der Waals surface area (Å²) in [6.07, 6.45) is -0.0109. The lowest BCUT2D eigenvalue weighted by Gasteiger charge is -2.17. The average molecular weight is 379 g/mol. The molecule has 0 saturated heterocycles. The second-order valence-electron chi connectivity index (χ2n) is 6.27. The van der Waals surface area contributed by atoms with Crippen molar-refractivity contribution in [2.45, 2.75) is 12.3 Å². The highest BCUT2D eigenvalue weighted by atomic mass is 35.5. The molecule has 1 atom stereocenters. The van der Waals surface area contributed by atoms with E-state index < -0.39 is 5.92 Å². The molecule has 0 aliphatic heterocycles. The van der Waals surface area contributed by atoms with Gasteiger partial charge in [-0.1, -0.05) is 48.0 Å². The van der Waals surface area contributed by atoms with Crippen LogP contribution in [0.15, 0.2) is 72.8 Å². The third-order valence-corrected chi connectivity index (χ3v) is 4.72. The molecule has 0 saturated carbocycles. The van der Waals surface area contributed by atoms with Gasteiger partial charge in [0.25, 0.3) is 0 Å². The van der Waals surface area contributed by atoms with Gasteiger partial charge in [0.2, 0.25) is 0 Å².